The average molecular weight is 414 g/mol. The van der Waals surface area contributed by atoms with Gasteiger partial charge in [0.15, 0.2) is 11.5 Å². The summed E-state index contributed by atoms with van der Waals surface area (Å²) in [6.45, 7) is 5.64. The predicted molar refractivity (Wildman–Crippen MR) is 117 cm³/mol. The van der Waals surface area contributed by atoms with Crippen molar-refractivity contribution in [2.45, 2.75) is 31.4 Å². The number of rotatable bonds is 10. The minimum absolute atomic E-state index is 0.133. The topological polar surface area (TPSA) is 68.2 Å². The molecule has 0 radical (unpaired) electrons. The highest BCUT2D eigenvalue weighted by Gasteiger charge is 2.30. The van der Waals surface area contributed by atoms with Crippen molar-refractivity contribution in [3.8, 4) is 17.2 Å². The average Bonchev–Trinajstić information content (AvgIpc) is 2.80. The predicted octanol–water partition coefficient (Wildman–Crippen LogP) is 3.95. The van der Waals surface area contributed by atoms with Crippen LogP contribution in [-0.4, -0.2) is 50.3 Å². The molecule has 0 bridgehead atoms. The van der Waals surface area contributed by atoms with Crippen molar-refractivity contribution in [2.24, 2.45) is 0 Å². The van der Waals surface area contributed by atoms with Crippen LogP contribution in [-0.2, 0) is 4.79 Å². The van der Waals surface area contributed by atoms with Gasteiger partial charge >= 0.3 is 0 Å². The zero-order valence-corrected chi connectivity index (χ0v) is 18.3. The first-order valence-corrected chi connectivity index (χ1v) is 9.80. The number of methoxy groups -OCH3 is 3. The number of hydrogen-bond acceptors (Lipinski definition) is 5. The van der Waals surface area contributed by atoms with Crippen LogP contribution in [0.3, 0.4) is 0 Å². The number of likely N-dealkylation sites (N-methyl/N-ethyl adjacent to an activating group) is 1. The highest BCUT2D eigenvalue weighted by Crippen LogP contribution is 2.41. The summed E-state index contributed by atoms with van der Waals surface area (Å²) in [5.74, 6) is 0.788. The molecule has 0 saturated carbocycles. The lowest BCUT2D eigenvalue weighted by atomic mass is 9.92. The number of aliphatic hydroxyl groups excluding tert-OH is 1. The normalized spacial score (nSPS) is 13.7. The Bertz CT molecular complexity index is 827. The number of amides is 1. The van der Waals surface area contributed by atoms with Crippen molar-refractivity contribution < 1.29 is 24.1 Å². The second-order valence-corrected chi connectivity index (χ2v) is 7.08. The summed E-state index contributed by atoms with van der Waals surface area (Å²) in [6, 6.07) is 12.4. The molecule has 162 valence electrons. The lowest BCUT2D eigenvalue weighted by Crippen LogP contribution is -2.41. The molecular weight excluding hydrogens is 382 g/mol. The zero-order chi connectivity index (χ0) is 22.3. The van der Waals surface area contributed by atoms with Gasteiger partial charge in [-0.15, -0.1) is 6.58 Å². The highest BCUT2D eigenvalue weighted by molar-refractivity contribution is 5.84. The fourth-order valence-corrected chi connectivity index (χ4v) is 3.44. The summed E-state index contributed by atoms with van der Waals surface area (Å²) >= 11 is 0. The van der Waals surface area contributed by atoms with E-state index >= 15 is 0 Å². The van der Waals surface area contributed by atoms with Gasteiger partial charge in [0, 0.05) is 7.05 Å². The molecule has 2 rings (SSSR count). The molecular formula is C24H31NO5. The third-order valence-corrected chi connectivity index (χ3v) is 5.35. The van der Waals surface area contributed by atoms with Crippen molar-refractivity contribution in [3.63, 3.8) is 0 Å². The van der Waals surface area contributed by atoms with Gasteiger partial charge in [0.2, 0.25) is 11.7 Å². The van der Waals surface area contributed by atoms with Crippen LogP contribution < -0.4 is 14.2 Å². The van der Waals surface area contributed by atoms with Crippen molar-refractivity contribution in [2.75, 3.05) is 28.4 Å². The van der Waals surface area contributed by atoms with Crippen LogP contribution in [0.4, 0.5) is 0 Å². The molecule has 0 aromatic heterocycles. The summed E-state index contributed by atoms with van der Waals surface area (Å²) in [7, 11) is 6.31. The number of hydrogen-bond donors (Lipinski definition) is 1. The molecule has 30 heavy (non-hydrogen) atoms. The zero-order valence-electron chi connectivity index (χ0n) is 18.3. The molecule has 0 spiro atoms. The van der Waals surface area contributed by atoms with Gasteiger partial charge in [-0.05, 0) is 36.6 Å². The van der Waals surface area contributed by atoms with Crippen molar-refractivity contribution >= 4 is 5.91 Å². The van der Waals surface area contributed by atoms with Crippen LogP contribution in [0.5, 0.6) is 17.2 Å². The summed E-state index contributed by atoms with van der Waals surface area (Å²) in [5.41, 5.74) is 1.49. The van der Waals surface area contributed by atoms with Gasteiger partial charge in [-0.25, -0.2) is 0 Å². The first-order chi connectivity index (χ1) is 14.4. The largest absolute Gasteiger partial charge is 0.493 e. The smallest absolute Gasteiger partial charge is 0.230 e. The lowest BCUT2D eigenvalue weighted by Gasteiger charge is -2.32. The maximum absolute atomic E-state index is 13.4. The Balaban J connectivity index is 2.37. The number of nitrogens with zero attached hydrogens (tertiary/aromatic N) is 1. The summed E-state index contributed by atoms with van der Waals surface area (Å²) in [4.78, 5) is 15.0. The molecule has 6 nitrogen and oxygen atoms in total. The molecule has 0 saturated heterocycles. The van der Waals surface area contributed by atoms with E-state index in [9.17, 15) is 9.90 Å². The van der Waals surface area contributed by atoms with Crippen molar-refractivity contribution in [1.29, 1.82) is 0 Å². The third kappa shape index (κ3) is 4.94. The molecule has 0 aliphatic carbocycles. The van der Waals surface area contributed by atoms with Crippen LogP contribution in [0.25, 0.3) is 0 Å². The first-order valence-electron chi connectivity index (χ1n) is 9.80. The van der Waals surface area contributed by atoms with E-state index in [1.165, 1.54) is 21.3 Å². The van der Waals surface area contributed by atoms with E-state index in [1.54, 1.807) is 30.2 Å². The summed E-state index contributed by atoms with van der Waals surface area (Å²) < 4.78 is 16.3. The molecule has 0 aliphatic rings. The SMILES string of the molecule is C=CC[C@H](C(=O)N(C)[C@H](C)[C@H](O)c1ccccc1)c1cc(OC)c(OC)c(OC)c1. The van der Waals surface area contributed by atoms with Crippen LogP contribution in [0.1, 0.15) is 36.5 Å². The minimum Gasteiger partial charge on any atom is -0.493 e. The van der Waals surface area contributed by atoms with E-state index < -0.39 is 18.1 Å². The van der Waals surface area contributed by atoms with E-state index in [1.807, 2.05) is 37.3 Å². The maximum atomic E-state index is 13.4. The van der Waals surface area contributed by atoms with Gasteiger partial charge < -0.3 is 24.2 Å². The molecule has 1 N–H and O–H groups in total. The molecule has 0 fully saturated rings. The monoisotopic (exact) mass is 413 g/mol. The Morgan fingerprint density at radius 2 is 1.63 bits per heavy atom. The van der Waals surface area contributed by atoms with Gasteiger partial charge in [0.05, 0.1) is 39.4 Å². The Hall–Kier alpha value is -2.99. The number of aliphatic hydroxyl groups is 1. The Labute approximate surface area is 178 Å². The Kier molecular flexibility index (Phi) is 8.30. The number of carbonyl (C=O) groups is 1. The van der Waals surface area contributed by atoms with E-state index in [0.717, 1.165) is 11.1 Å². The standard InChI is InChI=1S/C24H31NO5/c1-7-11-19(18-14-20(28-4)23(30-6)21(15-18)29-5)24(27)25(3)16(2)22(26)17-12-9-8-10-13-17/h7-10,12-16,19,22,26H,1,11H2,2-6H3/t16-,19+,22+/m1/s1. The molecule has 6 heteroatoms. The van der Waals surface area contributed by atoms with Gasteiger partial charge in [-0.3, -0.25) is 4.79 Å². The molecule has 2 aromatic carbocycles. The second-order valence-electron chi connectivity index (χ2n) is 7.08. The minimum atomic E-state index is -0.801. The van der Waals surface area contributed by atoms with E-state index in [-0.39, 0.29) is 5.91 Å². The van der Waals surface area contributed by atoms with Crippen LogP contribution in [0.2, 0.25) is 0 Å². The highest BCUT2D eigenvalue weighted by atomic mass is 16.5. The van der Waals surface area contributed by atoms with Gasteiger partial charge in [0.25, 0.3) is 0 Å². The molecule has 3 atom stereocenters. The van der Waals surface area contributed by atoms with Crippen LogP contribution >= 0.6 is 0 Å². The molecule has 2 aromatic rings. The van der Waals surface area contributed by atoms with Crippen LogP contribution in [0, 0.1) is 0 Å². The molecule has 0 heterocycles. The Morgan fingerprint density at radius 1 is 1.07 bits per heavy atom. The van der Waals surface area contributed by atoms with Gasteiger partial charge in [-0.1, -0.05) is 36.4 Å². The summed E-state index contributed by atoms with van der Waals surface area (Å²) in [6.07, 6.45) is 1.33. The molecule has 0 unspecified atom stereocenters. The number of ether oxygens (including phenoxy) is 3. The molecule has 0 aliphatic heterocycles. The fraction of sp³-hybridized carbons (Fsp3) is 0.375. The van der Waals surface area contributed by atoms with Crippen molar-refractivity contribution in [3.05, 3.63) is 66.2 Å². The van der Waals surface area contributed by atoms with Crippen LogP contribution in [0.15, 0.2) is 55.1 Å². The maximum Gasteiger partial charge on any atom is 0.230 e. The lowest BCUT2D eigenvalue weighted by molar-refractivity contribution is -0.135. The quantitative estimate of drug-likeness (QED) is 0.598. The van der Waals surface area contributed by atoms with Gasteiger partial charge in [-0.2, -0.15) is 0 Å². The third-order valence-electron chi connectivity index (χ3n) is 5.35. The Morgan fingerprint density at radius 3 is 2.10 bits per heavy atom. The number of benzene rings is 2. The van der Waals surface area contributed by atoms with Gasteiger partial charge in [0.1, 0.15) is 0 Å². The summed E-state index contributed by atoms with van der Waals surface area (Å²) in [5, 5.41) is 10.8. The van der Waals surface area contributed by atoms with E-state index in [2.05, 4.69) is 6.58 Å². The second kappa shape index (κ2) is 10.7. The van der Waals surface area contributed by atoms with Crippen molar-refractivity contribution in [1.82, 2.24) is 4.90 Å². The van der Waals surface area contributed by atoms with E-state index in [0.29, 0.717) is 23.7 Å². The fourth-order valence-electron chi connectivity index (χ4n) is 3.44. The number of carbonyl (C=O) groups excluding carboxylic acids is 1. The molecule has 1 amide bonds. The first kappa shape index (κ1) is 23.3. The number of allylic oxidation sites excluding steroid dienone is 1. The van der Waals surface area contributed by atoms with E-state index in [4.69, 9.17) is 14.2 Å².